The first-order valence-corrected chi connectivity index (χ1v) is 8.51. The van der Waals surface area contributed by atoms with Crippen LogP contribution in [0.2, 0.25) is 0 Å². The first-order valence-electron chi connectivity index (χ1n) is 8.51. The largest absolute Gasteiger partial charge is 0.230 e. The van der Waals surface area contributed by atoms with Crippen molar-refractivity contribution in [3.63, 3.8) is 0 Å². The fourth-order valence-corrected chi connectivity index (χ4v) is 5.05. The number of piperidine rings is 2. The van der Waals surface area contributed by atoms with E-state index in [1.54, 1.807) is 0 Å². The van der Waals surface area contributed by atoms with E-state index in [1.165, 1.54) is 38.5 Å². The molecule has 0 atom stereocenters. The molecule has 0 aliphatic carbocycles. The van der Waals surface area contributed by atoms with Gasteiger partial charge in [-0.1, -0.05) is 0 Å². The van der Waals surface area contributed by atoms with Gasteiger partial charge in [-0.2, -0.15) is 0 Å². The van der Waals surface area contributed by atoms with Gasteiger partial charge in [-0.05, 0) is 93.9 Å². The molecular formula is C18H36N2. The monoisotopic (exact) mass is 280 g/mol. The van der Waals surface area contributed by atoms with E-state index in [2.05, 4.69) is 65.4 Å². The van der Waals surface area contributed by atoms with Crippen molar-refractivity contribution in [1.29, 1.82) is 0 Å². The van der Waals surface area contributed by atoms with E-state index >= 15 is 0 Å². The van der Waals surface area contributed by atoms with E-state index in [4.69, 9.17) is 0 Å². The number of rotatable bonds is 1. The van der Waals surface area contributed by atoms with Crippen molar-refractivity contribution < 1.29 is 0 Å². The summed E-state index contributed by atoms with van der Waals surface area (Å²) >= 11 is 0. The molecule has 20 heavy (non-hydrogen) atoms. The minimum atomic E-state index is 0.258. The molecule has 0 amide bonds. The van der Waals surface area contributed by atoms with Crippen LogP contribution in [0.5, 0.6) is 0 Å². The molecule has 0 N–H and O–H groups in total. The molecular weight excluding hydrogens is 244 g/mol. The summed E-state index contributed by atoms with van der Waals surface area (Å²) in [7, 11) is 0. The molecule has 0 spiro atoms. The lowest BCUT2D eigenvalue weighted by Gasteiger charge is -2.66. The Morgan fingerprint density at radius 2 is 0.650 bits per heavy atom. The topological polar surface area (TPSA) is 6.48 Å². The third-order valence-electron chi connectivity index (χ3n) is 5.65. The summed E-state index contributed by atoms with van der Waals surface area (Å²) in [6.07, 6.45) is 7.92. The molecule has 2 heteroatoms. The summed E-state index contributed by atoms with van der Waals surface area (Å²) < 4.78 is 0. The van der Waals surface area contributed by atoms with Crippen LogP contribution >= 0.6 is 0 Å². The van der Waals surface area contributed by atoms with E-state index < -0.39 is 0 Å². The molecule has 2 saturated heterocycles. The van der Waals surface area contributed by atoms with Gasteiger partial charge in [0, 0.05) is 22.2 Å². The molecule has 0 radical (unpaired) electrons. The maximum absolute atomic E-state index is 2.77. The molecule has 2 aliphatic heterocycles. The van der Waals surface area contributed by atoms with Gasteiger partial charge in [0.15, 0.2) is 0 Å². The Balaban J connectivity index is 2.48. The Hall–Kier alpha value is -0.0800. The highest BCUT2D eigenvalue weighted by Crippen LogP contribution is 2.48. The highest BCUT2D eigenvalue weighted by molar-refractivity contribution is 5.04. The zero-order chi connectivity index (χ0) is 15.4. The Bertz CT molecular complexity index is 298. The molecule has 2 fully saturated rings. The van der Waals surface area contributed by atoms with Crippen LogP contribution in [-0.2, 0) is 0 Å². The molecule has 2 heterocycles. The molecule has 2 nitrogen and oxygen atoms in total. The smallest absolute Gasteiger partial charge is 0.0306 e. The van der Waals surface area contributed by atoms with Crippen LogP contribution < -0.4 is 0 Å². The fraction of sp³-hybridized carbons (Fsp3) is 1.00. The van der Waals surface area contributed by atoms with Gasteiger partial charge in [-0.3, -0.25) is 0 Å². The predicted molar refractivity (Wildman–Crippen MR) is 87.7 cm³/mol. The molecule has 0 aromatic heterocycles. The lowest BCUT2D eigenvalue weighted by molar-refractivity contribution is -0.272. The second kappa shape index (κ2) is 4.71. The normalized spacial score (nSPS) is 33.0. The minimum absolute atomic E-state index is 0.258. The van der Waals surface area contributed by atoms with Crippen LogP contribution in [0.15, 0.2) is 0 Å². The molecule has 0 aromatic rings. The number of hydrogen-bond acceptors (Lipinski definition) is 2. The summed E-state index contributed by atoms with van der Waals surface area (Å²) in [6.45, 7) is 19.5. The maximum atomic E-state index is 2.77. The molecule has 0 bridgehead atoms. The van der Waals surface area contributed by atoms with Gasteiger partial charge >= 0.3 is 0 Å². The van der Waals surface area contributed by atoms with Gasteiger partial charge in [0.25, 0.3) is 0 Å². The van der Waals surface area contributed by atoms with Crippen LogP contribution in [-0.4, -0.2) is 32.2 Å². The predicted octanol–water partition coefficient (Wildman–Crippen LogP) is 4.99. The summed E-state index contributed by atoms with van der Waals surface area (Å²) in [6, 6.07) is 0. The van der Waals surface area contributed by atoms with E-state index in [-0.39, 0.29) is 22.2 Å². The zero-order valence-corrected chi connectivity index (χ0v) is 15.1. The quantitative estimate of drug-likeness (QED) is 0.668. The lowest BCUT2D eigenvalue weighted by atomic mass is 9.77. The van der Waals surface area contributed by atoms with Crippen LogP contribution in [0.25, 0.3) is 0 Å². The minimum Gasteiger partial charge on any atom is -0.230 e. The average molecular weight is 280 g/mol. The second-order valence-electron chi connectivity index (χ2n) is 9.58. The number of nitrogens with zero attached hydrogens (tertiary/aromatic N) is 2. The van der Waals surface area contributed by atoms with Gasteiger partial charge in [-0.25, -0.2) is 10.0 Å². The van der Waals surface area contributed by atoms with Crippen molar-refractivity contribution in [3.05, 3.63) is 0 Å². The zero-order valence-electron chi connectivity index (χ0n) is 15.1. The van der Waals surface area contributed by atoms with Gasteiger partial charge in [0.05, 0.1) is 0 Å². The van der Waals surface area contributed by atoms with Crippen LogP contribution in [0.4, 0.5) is 0 Å². The SMILES string of the molecule is CC1(C)CCCC(C)(C)N1N1C(C)(C)CCCC1(C)C. The van der Waals surface area contributed by atoms with Gasteiger partial charge < -0.3 is 0 Å². The third-order valence-corrected chi connectivity index (χ3v) is 5.65. The fourth-order valence-electron chi connectivity index (χ4n) is 5.05. The van der Waals surface area contributed by atoms with Crippen molar-refractivity contribution in [1.82, 2.24) is 10.0 Å². The Morgan fingerprint density at radius 3 is 0.850 bits per heavy atom. The average Bonchev–Trinajstić information content (AvgIpc) is 2.19. The summed E-state index contributed by atoms with van der Waals surface area (Å²) in [4.78, 5) is 0. The van der Waals surface area contributed by atoms with Crippen molar-refractivity contribution in [2.75, 3.05) is 0 Å². The number of hydrazine groups is 1. The standard InChI is InChI=1S/C18H36N2/c1-15(2)11-9-12-16(3,4)19(15)20-17(5,6)13-10-14-18(20,7)8/h9-14H2,1-8H3. The van der Waals surface area contributed by atoms with Crippen molar-refractivity contribution in [2.24, 2.45) is 0 Å². The molecule has 118 valence electrons. The van der Waals surface area contributed by atoms with Crippen LogP contribution in [0.1, 0.15) is 93.9 Å². The summed E-state index contributed by atoms with van der Waals surface area (Å²) in [5, 5.41) is 5.53. The highest BCUT2D eigenvalue weighted by atomic mass is 15.7. The second-order valence-corrected chi connectivity index (χ2v) is 9.58. The van der Waals surface area contributed by atoms with Gasteiger partial charge in [0.1, 0.15) is 0 Å². The molecule has 2 aliphatic rings. The first kappa shape index (κ1) is 16.3. The molecule has 0 unspecified atom stereocenters. The van der Waals surface area contributed by atoms with Crippen LogP contribution in [0.3, 0.4) is 0 Å². The number of hydrogen-bond donors (Lipinski definition) is 0. The van der Waals surface area contributed by atoms with E-state index in [0.29, 0.717) is 0 Å². The van der Waals surface area contributed by atoms with E-state index in [0.717, 1.165) is 0 Å². The summed E-state index contributed by atoms with van der Waals surface area (Å²) in [5.74, 6) is 0. The molecule has 2 rings (SSSR count). The van der Waals surface area contributed by atoms with Crippen molar-refractivity contribution in [2.45, 2.75) is 116 Å². The maximum Gasteiger partial charge on any atom is 0.0306 e. The Kier molecular flexibility index (Phi) is 3.84. The van der Waals surface area contributed by atoms with Crippen molar-refractivity contribution in [3.8, 4) is 0 Å². The third kappa shape index (κ3) is 2.66. The Morgan fingerprint density at radius 1 is 0.450 bits per heavy atom. The van der Waals surface area contributed by atoms with Crippen molar-refractivity contribution >= 4 is 0 Å². The molecule has 0 aromatic carbocycles. The first-order chi connectivity index (χ1) is 8.90. The van der Waals surface area contributed by atoms with E-state index in [9.17, 15) is 0 Å². The lowest BCUT2D eigenvalue weighted by Crippen LogP contribution is -2.75. The van der Waals surface area contributed by atoms with Gasteiger partial charge in [0.2, 0.25) is 0 Å². The van der Waals surface area contributed by atoms with Gasteiger partial charge in [-0.15, -0.1) is 0 Å². The molecule has 0 saturated carbocycles. The van der Waals surface area contributed by atoms with E-state index in [1.807, 2.05) is 0 Å². The highest BCUT2D eigenvalue weighted by Gasteiger charge is 2.53. The summed E-state index contributed by atoms with van der Waals surface area (Å²) in [5.41, 5.74) is 1.03. The Labute approximate surface area is 126 Å². The van der Waals surface area contributed by atoms with Crippen LogP contribution in [0, 0.1) is 0 Å².